The molecule has 1 aromatic carbocycles. The topological polar surface area (TPSA) is 75.4 Å². The quantitative estimate of drug-likeness (QED) is 0.554. The maximum Gasteiger partial charge on any atom is 0.282 e. The summed E-state index contributed by atoms with van der Waals surface area (Å²) in [7, 11) is 1.63. The summed E-state index contributed by atoms with van der Waals surface area (Å²) in [5, 5.41) is 2.85. The van der Waals surface area contributed by atoms with E-state index < -0.39 is 10.0 Å². The molecule has 0 spiro atoms. The van der Waals surface area contributed by atoms with Crippen LogP contribution in [0.2, 0.25) is 0 Å². The molecule has 0 aromatic heterocycles. The first-order valence-electron chi connectivity index (χ1n) is 8.21. The Balaban J connectivity index is 2.07. The first-order chi connectivity index (χ1) is 11.2. The summed E-state index contributed by atoms with van der Waals surface area (Å²) in [6.45, 7) is 5.98. The highest BCUT2D eigenvalue weighted by Gasteiger charge is 2.29. The molecule has 1 heterocycles. The molecule has 0 unspecified atom stereocenters. The van der Waals surface area contributed by atoms with Gasteiger partial charge in [-0.1, -0.05) is 6.07 Å². The zero-order chi connectivity index (χ0) is 17.9. The molecule has 1 amide bonds. The molecular formula is C16H28N4O3S+2. The van der Waals surface area contributed by atoms with Crippen LogP contribution in [-0.4, -0.2) is 72.0 Å². The normalized spacial score (nSPS) is 23.0. The number of piperazine rings is 1. The molecule has 0 radical (unpaired) electrons. The Morgan fingerprint density at radius 2 is 1.83 bits per heavy atom. The van der Waals surface area contributed by atoms with Gasteiger partial charge >= 0.3 is 0 Å². The van der Waals surface area contributed by atoms with Gasteiger partial charge in [0, 0.05) is 19.8 Å². The van der Waals surface area contributed by atoms with Crippen molar-refractivity contribution in [2.24, 2.45) is 0 Å². The van der Waals surface area contributed by atoms with Gasteiger partial charge in [-0.15, -0.1) is 0 Å². The number of carbonyl (C=O) groups is 1. The maximum atomic E-state index is 12.5. The van der Waals surface area contributed by atoms with Crippen LogP contribution in [0.5, 0.6) is 0 Å². The van der Waals surface area contributed by atoms with Crippen LogP contribution < -0.4 is 15.1 Å². The van der Waals surface area contributed by atoms with Crippen LogP contribution in [-0.2, 0) is 14.8 Å². The van der Waals surface area contributed by atoms with Gasteiger partial charge in [0.15, 0.2) is 6.04 Å². The number of benzene rings is 1. The number of carbonyl (C=O) groups excluding carboxylic acids is 1. The monoisotopic (exact) mass is 356 g/mol. The minimum Gasteiger partial charge on any atom is -0.328 e. The number of sulfonamides is 1. The molecule has 3 N–H and O–H groups in total. The van der Waals surface area contributed by atoms with E-state index >= 15 is 0 Å². The van der Waals surface area contributed by atoms with Crippen molar-refractivity contribution in [2.45, 2.75) is 17.9 Å². The van der Waals surface area contributed by atoms with Crippen LogP contribution >= 0.6 is 0 Å². The van der Waals surface area contributed by atoms with E-state index in [1.54, 1.807) is 12.1 Å². The van der Waals surface area contributed by atoms with Gasteiger partial charge in [-0.2, -0.15) is 0 Å². The van der Waals surface area contributed by atoms with E-state index in [2.05, 4.69) is 12.4 Å². The van der Waals surface area contributed by atoms with Gasteiger partial charge in [-0.05, 0) is 25.1 Å². The Labute approximate surface area is 144 Å². The molecule has 7 nitrogen and oxygen atoms in total. The zero-order valence-electron chi connectivity index (χ0n) is 14.8. The van der Waals surface area contributed by atoms with Crippen molar-refractivity contribution >= 4 is 21.6 Å². The van der Waals surface area contributed by atoms with Crippen LogP contribution in [0.4, 0.5) is 5.69 Å². The number of amides is 1. The molecule has 24 heavy (non-hydrogen) atoms. The highest BCUT2D eigenvalue weighted by atomic mass is 32.2. The molecule has 8 heteroatoms. The minimum absolute atomic E-state index is 0.0797. The van der Waals surface area contributed by atoms with Gasteiger partial charge < -0.3 is 15.1 Å². The molecule has 0 saturated carbocycles. The molecule has 1 aromatic rings. The number of nitrogens with one attached hydrogen (secondary N) is 3. The number of rotatable bonds is 5. The third kappa shape index (κ3) is 4.32. The van der Waals surface area contributed by atoms with Crippen molar-refractivity contribution in [3.63, 3.8) is 0 Å². The summed E-state index contributed by atoms with van der Waals surface area (Å²) in [5.41, 5.74) is 0.508. The number of nitrogens with zero attached hydrogens (tertiary/aromatic N) is 1. The van der Waals surface area contributed by atoms with Crippen LogP contribution in [0.3, 0.4) is 0 Å². The molecule has 0 aliphatic carbocycles. The Kier molecular flexibility index (Phi) is 5.97. The Bertz CT molecular complexity index is 682. The smallest absolute Gasteiger partial charge is 0.282 e. The number of likely N-dealkylation sites (N-methyl/N-ethyl adjacent to an activating group) is 1. The van der Waals surface area contributed by atoms with E-state index in [1.807, 2.05) is 6.92 Å². The Morgan fingerprint density at radius 1 is 1.21 bits per heavy atom. The molecule has 2 rings (SSSR count). The third-order valence-corrected chi connectivity index (χ3v) is 6.44. The van der Waals surface area contributed by atoms with E-state index in [9.17, 15) is 13.2 Å². The first-order valence-corrected chi connectivity index (χ1v) is 9.65. The average Bonchev–Trinajstić information content (AvgIpc) is 2.55. The summed E-state index contributed by atoms with van der Waals surface area (Å²) < 4.78 is 25.5. The fourth-order valence-corrected chi connectivity index (χ4v) is 3.76. The van der Waals surface area contributed by atoms with Crippen LogP contribution in [0.1, 0.15) is 6.92 Å². The Hall–Kier alpha value is -1.48. The van der Waals surface area contributed by atoms with Crippen LogP contribution in [0, 0.1) is 0 Å². The van der Waals surface area contributed by atoms with Gasteiger partial charge in [-0.3, -0.25) is 4.79 Å². The predicted molar refractivity (Wildman–Crippen MR) is 92.7 cm³/mol. The van der Waals surface area contributed by atoms with E-state index in [-0.39, 0.29) is 16.8 Å². The molecule has 0 bridgehead atoms. The number of quaternary nitrogens is 2. The fraction of sp³-hybridized carbons (Fsp3) is 0.562. The van der Waals surface area contributed by atoms with Crippen molar-refractivity contribution in [2.75, 3.05) is 52.6 Å². The molecular weight excluding hydrogens is 328 g/mol. The highest BCUT2D eigenvalue weighted by molar-refractivity contribution is 7.89. The van der Waals surface area contributed by atoms with E-state index in [1.165, 1.54) is 36.0 Å². The zero-order valence-corrected chi connectivity index (χ0v) is 15.6. The van der Waals surface area contributed by atoms with Gasteiger partial charge in [0.25, 0.3) is 5.91 Å². The lowest BCUT2D eigenvalue weighted by atomic mass is 10.2. The minimum atomic E-state index is -3.51. The summed E-state index contributed by atoms with van der Waals surface area (Å²) in [5.74, 6) is -0.0797. The van der Waals surface area contributed by atoms with E-state index in [0.29, 0.717) is 5.69 Å². The molecule has 1 atom stereocenters. The number of hydrogen-bond acceptors (Lipinski definition) is 3. The largest absolute Gasteiger partial charge is 0.328 e. The maximum absolute atomic E-state index is 12.5. The van der Waals surface area contributed by atoms with Gasteiger partial charge in [0.1, 0.15) is 26.2 Å². The van der Waals surface area contributed by atoms with Gasteiger partial charge in [0.05, 0.1) is 11.9 Å². The molecule has 1 fully saturated rings. The van der Waals surface area contributed by atoms with Crippen molar-refractivity contribution in [3.8, 4) is 0 Å². The van der Waals surface area contributed by atoms with Crippen molar-refractivity contribution < 1.29 is 23.0 Å². The highest BCUT2D eigenvalue weighted by Crippen LogP contribution is 2.17. The van der Waals surface area contributed by atoms with Gasteiger partial charge in [-0.25, -0.2) is 12.7 Å². The SMILES string of the molecule is C[C@H](C(=O)Nc1cccc(S(=O)(=O)N(C)C)c1)[NH+]1CC[NH+](C)CC1. The second-order valence-corrected chi connectivity index (χ2v) is 8.79. The number of hydrogen-bond donors (Lipinski definition) is 3. The summed E-state index contributed by atoms with van der Waals surface area (Å²) in [4.78, 5) is 15.4. The Morgan fingerprint density at radius 3 is 2.42 bits per heavy atom. The molecule has 1 aliphatic rings. The predicted octanol–water partition coefficient (Wildman–Crippen LogP) is -2.32. The van der Waals surface area contributed by atoms with Gasteiger partial charge in [0.2, 0.25) is 10.0 Å². The first kappa shape index (κ1) is 18.9. The van der Waals surface area contributed by atoms with Crippen molar-refractivity contribution in [1.82, 2.24) is 4.31 Å². The fourth-order valence-electron chi connectivity index (χ4n) is 2.81. The lowest BCUT2D eigenvalue weighted by molar-refractivity contribution is -1.01. The standard InChI is InChI=1S/C16H26N4O3S/c1-13(20-10-8-19(4)9-11-20)16(21)17-14-6-5-7-15(12-14)24(22,23)18(2)3/h5-7,12-13H,8-11H2,1-4H3,(H,17,21)/p+2/t13-/m1/s1. The summed E-state index contributed by atoms with van der Waals surface area (Å²) >= 11 is 0. The van der Waals surface area contributed by atoms with Crippen LogP contribution in [0.15, 0.2) is 29.2 Å². The number of anilines is 1. The molecule has 1 saturated heterocycles. The molecule has 134 valence electrons. The van der Waals surface area contributed by atoms with Crippen molar-refractivity contribution in [1.29, 1.82) is 0 Å². The van der Waals surface area contributed by atoms with Crippen molar-refractivity contribution in [3.05, 3.63) is 24.3 Å². The average molecular weight is 356 g/mol. The van der Waals surface area contributed by atoms with Crippen LogP contribution in [0.25, 0.3) is 0 Å². The lowest BCUT2D eigenvalue weighted by Gasteiger charge is -2.30. The van der Waals surface area contributed by atoms with E-state index in [0.717, 1.165) is 30.5 Å². The third-order valence-electron chi connectivity index (χ3n) is 4.63. The molecule has 1 aliphatic heterocycles. The summed E-state index contributed by atoms with van der Waals surface area (Å²) in [6, 6.07) is 6.23. The van der Waals surface area contributed by atoms with E-state index in [4.69, 9.17) is 0 Å². The second kappa shape index (κ2) is 7.60. The lowest BCUT2D eigenvalue weighted by Crippen LogP contribution is -3.29. The summed E-state index contributed by atoms with van der Waals surface area (Å²) in [6.07, 6.45) is 0. The second-order valence-electron chi connectivity index (χ2n) is 6.64.